The van der Waals surface area contributed by atoms with Crippen molar-refractivity contribution in [1.29, 1.82) is 0 Å². The fourth-order valence-corrected chi connectivity index (χ4v) is 1.91. The van der Waals surface area contributed by atoms with Crippen LogP contribution in [0.1, 0.15) is 11.1 Å². The number of aromatic nitrogens is 1. The van der Waals surface area contributed by atoms with E-state index in [0.29, 0.717) is 11.7 Å². The average molecular weight is 263 g/mol. The van der Waals surface area contributed by atoms with Crippen LogP contribution in [0.25, 0.3) is 0 Å². The molecule has 18 heavy (non-hydrogen) atoms. The smallest absolute Gasteiger partial charge is 0.131 e. The molecule has 2 rings (SSSR count). The zero-order valence-corrected chi connectivity index (χ0v) is 11.2. The Bertz CT molecular complexity index is 506. The summed E-state index contributed by atoms with van der Waals surface area (Å²) in [5, 5.41) is 3.75. The second-order valence-electron chi connectivity index (χ2n) is 4.05. The summed E-state index contributed by atoms with van der Waals surface area (Å²) in [4.78, 5) is 4.21. The molecule has 2 aromatic rings. The van der Waals surface area contributed by atoms with Gasteiger partial charge in [0.2, 0.25) is 0 Å². The van der Waals surface area contributed by atoms with Crippen LogP contribution in [0.15, 0.2) is 36.4 Å². The van der Waals surface area contributed by atoms with Crippen molar-refractivity contribution in [3.05, 3.63) is 52.7 Å². The quantitative estimate of drug-likeness (QED) is 0.854. The Hall–Kier alpha value is -1.74. The number of halogens is 1. The van der Waals surface area contributed by atoms with Crippen molar-refractivity contribution >= 4 is 17.4 Å². The molecule has 0 unspecified atom stereocenters. The monoisotopic (exact) mass is 262 g/mol. The minimum Gasteiger partial charge on any atom is -0.497 e. The highest BCUT2D eigenvalue weighted by molar-refractivity contribution is 6.29. The first-order valence-corrected chi connectivity index (χ1v) is 6.06. The maximum atomic E-state index is 5.90. The number of benzene rings is 1. The molecule has 0 aliphatic carbocycles. The summed E-state index contributed by atoms with van der Waals surface area (Å²) in [5.41, 5.74) is 2.25. The molecule has 0 aliphatic rings. The van der Waals surface area contributed by atoms with Gasteiger partial charge >= 0.3 is 0 Å². The fourth-order valence-electron chi connectivity index (χ4n) is 1.65. The van der Waals surface area contributed by atoms with Crippen LogP contribution in [-0.4, -0.2) is 12.1 Å². The van der Waals surface area contributed by atoms with Gasteiger partial charge in [0.05, 0.1) is 7.11 Å². The Kier molecular flexibility index (Phi) is 4.05. The van der Waals surface area contributed by atoms with Crippen LogP contribution >= 0.6 is 11.6 Å². The first-order chi connectivity index (χ1) is 8.67. The van der Waals surface area contributed by atoms with Crippen molar-refractivity contribution in [2.45, 2.75) is 13.5 Å². The first-order valence-electron chi connectivity index (χ1n) is 5.68. The molecule has 1 aromatic heterocycles. The molecule has 0 amide bonds. The largest absolute Gasteiger partial charge is 0.497 e. The molecule has 1 N–H and O–H groups in total. The van der Waals surface area contributed by atoms with E-state index in [9.17, 15) is 0 Å². The highest BCUT2D eigenvalue weighted by Gasteiger charge is 1.99. The van der Waals surface area contributed by atoms with E-state index in [-0.39, 0.29) is 0 Å². The molecule has 4 heteroatoms. The van der Waals surface area contributed by atoms with E-state index in [4.69, 9.17) is 16.3 Å². The molecule has 0 atom stereocenters. The molecule has 0 saturated heterocycles. The lowest BCUT2D eigenvalue weighted by Gasteiger charge is -2.07. The normalized spacial score (nSPS) is 10.2. The summed E-state index contributed by atoms with van der Waals surface area (Å²) >= 11 is 5.90. The van der Waals surface area contributed by atoms with Gasteiger partial charge in [0.1, 0.15) is 16.7 Å². The van der Waals surface area contributed by atoms with Crippen LogP contribution in [0, 0.1) is 6.92 Å². The summed E-state index contributed by atoms with van der Waals surface area (Å²) < 4.78 is 5.11. The Morgan fingerprint density at radius 2 is 1.94 bits per heavy atom. The van der Waals surface area contributed by atoms with Crippen LogP contribution in [0.3, 0.4) is 0 Å². The Morgan fingerprint density at radius 1 is 1.22 bits per heavy atom. The molecule has 0 bridgehead atoms. The molecular weight excluding hydrogens is 248 g/mol. The van der Waals surface area contributed by atoms with Crippen molar-refractivity contribution in [2.75, 3.05) is 12.4 Å². The van der Waals surface area contributed by atoms with E-state index in [1.54, 1.807) is 7.11 Å². The van der Waals surface area contributed by atoms with E-state index >= 15 is 0 Å². The zero-order chi connectivity index (χ0) is 13.0. The lowest BCUT2D eigenvalue weighted by Crippen LogP contribution is -2.01. The summed E-state index contributed by atoms with van der Waals surface area (Å²) in [6.07, 6.45) is 0. The van der Waals surface area contributed by atoms with Crippen LogP contribution in [-0.2, 0) is 6.54 Å². The van der Waals surface area contributed by atoms with Crippen LogP contribution in [0.5, 0.6) is 5.75 Å². The summed E-state index contributed by atoms with van der Waals surface area (Å²) in [6, 6.07) is 11.7. The zero-order valence-electron chi connectivity index (χ0n) is 10.4. The number of nitrogens with one attached hydrogen (secondary N) is 1. The predicted molar refractivity (Wildman–Crippen MR) is 74.3 cm³/mol. The number of hydrogen-bond acceptors (Lipinski definition) is 3. The highest BCUT2D eigenvalue weighted by atomic mass is 35.5. The minimum atomic E-state index is 0.507. The molecular formula is C14H15ClN2O. The third-order valence-corrected chi connectivity index (χ3v) is 2.76. The lowest BCUT2D eigenvalue weighted by atomic mass is 10.2. The molecule has 0 radical (unpaired) electrons. The maximum Gasteiger partial charge on any atom is 0.131 e. The van der Waals surface area contributed by atoms with Gasteiger partial charge in [-0.15, -0.1) is 0 Å². The van der Waals surface area contributed by atoms with Gasteiger partial charge in [0.25, 0.3) is 0 Å². The van der Waals surface area contributed by atoms with E-state index in [1.165, 1.54) is 0 Å². The van der Waals surface area contributed by atoms with Gasteiger partial charge in [0, 0.05) is 6.54 Å². The number of aryl methyl sites for hydroxylation is 1. The van der Waals surface area contributed by atoms with Gasteiger partial charge in [0.15, 0.2) is 0 Å². The molecule has 0 fully saturated rings. The van der Waals surface area contributed by atoms with E-state index in [2.05, 4.69) is 10.3 Å². The van der Waals surface area contributed by atoms with E-state index < -0.39 is 0 Å². The minimum absolute atomic E-state index is 0.507. The number of rotatable bonds is 4. The molecule has 94 valence electrons. The standard InChI is InChI=1S/C14H15ClN2O/c1-10-7-13(15)17-14(8-10)16-9-11-3-5-12(18-2)6-4-11/h3-8H,9H2,1-2H3,(H,16,17). The van der Waals surface area contributed by atoms with E-state index in [0.717, 1.165) is 22.7 Å². The van der Waals surface area contributed by atoms with Gasteiger partial charge < -0.3 is 10.1 Å². The average Bonchev–Trinajstić information content (AvgIpc) is 2.36. The number of methoxy groups -OCH3 is 1. The predicted octanol–water partition coefficient (Wildman–Crippen LogP) is 3.66. The molecule has 3 nitrogen and oxygen atoms in total. The Labute approximate surface area is 112 Å². The fraction of sp³-hybridized carbons (Fsp3) is 0.214. The summed E-state index contributed by atoms with van der Waals surface area (Å²) in [5.74, 6) is 1.64. The van der Waals surface area contributed by atoms with E-state index in [1.807, 2.05) is 43.3 Å². The third kappa shape index (κ3) is 3.37. The molecule has 1 aromatic carbocycles. The van der Waals surface area contributed by atoms with Crippen molar-refractivity contribution in [3.63, 3.8) is 0 Å². The van der Waals surface area contributed by atoms with Crippen molar-refractivity contribution < 1.29 is 4.74 Å². The van der Waals surface area contributed by atoms with Crippen LogP contribution in [0.4, 0.5) is 5.82 Å². The van der Waals surface area contributed by atoms with Gasteiger partial charge in [-0.05, 0) is 42.3 Å². The SMILES string of the molecule is COc1ccc(CNc2cc(C)cc(Cl)n2)cc1. The van der Waals surface area contributed by atoms with Crippen molar-refractivity contribution in [3.8, 4) is 5.75 Å². The summed E-state index contributed by atoms with van der Waals surface area (Å²) in [7, 11) is 1.66. The number of ether oxygens (including phenoxy) is 1. The second kappa shape index (κ2) is 5.74. The van der Waals surface area contributed by atoms with Crippen molar-refractivity contribution in [2.24, 2.45) is 0 Å². The molecule has 0 saturated carbocycles. The van der Waals surface area contributed by atoms with Crippen LogP contribution in [0.2, 0.25) is 5.15 Å². The number of anilines is 1. The lowest BCUT2D eigenvalue weighted by molar-refractivity contribution is 0.414. The second-order valence-corrected chi connectivity index (χ2v) is 4.44. The Morgan fingerprint density at radius 3 is 2.56 bits per heavy atom. The van der Waals surface area contributed by atoms with Gasteiger partial charge in [-0.2, -0.15) is 0 Å². The topological polar surface area (TPSA) is 34.1 Å². The molecule has 0 spiro atoms. The third-order valence-electron chi connectivity index (χ3n) is 2.57. The van der Waals surface area contributed by atoms with Gasteiger partial charge in [-0.3, -0.25) is 0 Å². The first kappa shape index (κ1) is 12.7. The molecule has 0 aliphatic heterocycles. The van der Waals surface area contributed by atoms with Gasteiger partial charge in [-0.25, -0.2) is 4.98 Å². The van der Waals surface area contributed by atoms with Gasteiger partial charge in [-0.1, -0.05) is 23.7 Å². The number of hydrogen-bond donors (Lipinski definition) is 1. The van der Waals surface area contributed by atoms with Crippen LogP contribution < -0.4 is 10.1 Å². The number of pyridine rings is 1. The summed E-state index contributed by atoms with van der Waals surface area (Å²) in [6.45, 7) is 2.70. The molecule has 1 heterocycles. The van der Waals surface area contributed by atoms with Crippen molar-refractivity contribution in [1.82, 2.24) is 4.98 Å². The highest BCUT2D eigenvalue weighted by Crippen LogP contribution is 2.16. The maximum absolute atomic E-state index is 5.90. The number of nitrogens with zero attached hydrogens (tertiary/aromatic N) is 1. The Balaban J connectivity index is 2.01.